The van der Waals surface area contributed by atoms with Gasteiger partial charge in [0.25, 0.3) is 5.91 Å². The topological polar surface area (TPSA) is 127 Å². The second-order valence-electron chi connectivity index (χ2n) is 6.93. The molecule has 0 fully saturated rings. The van der Waals surface area contributed by atoms with Crippen LogP contribution >= 0.6 is 0 Å². The highest BCUT2D eigenvalue weighted by Crippen LogP contribution is 2.16. The number of aromatic nitrogens is 2. The Bertz CT molecular complexity index is 989. The van der Waals surface area contributed by atoms with Gasteiger partial charge in [0.2, 0.25) is 5.89 Å². The summed E-state index contributed by atoms with van der Waals surface area (Å²) in [6.07, 6.45) is -1.19. The highest BCUT2D eigenvalue weighted by molar-refractivity contribution is 5.84. The normalized spacial score (nSPS) is 14.0. The Hall–Kier alpha value is -3.48. The highest BCUT2D eigenvalue weighted by atomic mass is 19.1. The van der Waals surface area contributed by atoms with E-state index in [1.807, 2.05) is 6.07 Å². The number of amides is 1. The van der Waals surface area contributed by atoms with Gasteiger partial charge in [-0.15, -0.1) is 5.10 Å². The number of hydrogen-bond acceptors (Lipinski definition) is 7. The summed E-state index contributed by atoms with van der Waals surface area (Å²) in [6, 6.07) is 7.12. The number of ether oxygens (including phenoxy) is 1. The highest BCUT2D eigenvalue weighted by Gasteiger charge is 2.32. The van der Waals surface area contributed by atoms with Gasteiger partial charge in [0.15, 0.2) is 6.10 Å². The number of carbonyl (C=O) groups is 2. The number of hydrogen-bond donors (Lipinski definition) is 1. The average molecular weight is 404 g/mol. The Morgan fingerprint density at radius 1 is 1.34 bits per heavy atom. The van der Waals surface area contributed by atoms with Crippen molar-refractivity contribution in [1.82, 2.24) is 15.1 Å². The quantitative estimate of drug-likeness (QED) is 0.695. The SMILES string of the molecule is CC(OC(=O)Cn1nc(-c2ccc(F)cc2)oc1=O)C(=O)NC(C)(C#N)C(C)C. The van der Waals surface area contributed by atoms with Crippen molar-refractivity contribution in [3.63, 3.8) is 0 Å². The van der Waals surface area contributed by atoms with E-state index in [0.717, 1.165) is 4.68 Å². The fourth-order valence-corrected chi connectivity index (χ4v) is 2.18. The van der Waals surface area contributed by atoms with Crippen LogP contribution in [0.4, 0.5) is 4.39 Å². The van der Waals surface area contributed by atoms with Crippen LogP contribution in [0.15, 0.2) is 33.5 Å². The summed E-state index contributed by atoms with van der Waals surface area (Å²) in [6.45, 7) is 5.88. The Morgan fingerprint density at radius 2 is 1.97 bits per heavy atom. The fraction of sp³-hybridized carbons (Fsp3) is 0.421. The van der Waals surface area contributed by atoms with Crippen LogP contribution in [0.25, 0.3) is 11.5 Å². The minimum atomic E-state index is -1.19. The van der Waals surface area contributed by atoms with Crippen LogP contribution in [0.5, 0.6) is 0 Å². The zero-order valence-corrected chi connectivity index (χ0v) is 16.4. The third-order valence-corrected chi connectivity index (χ3v) is 4.42. The minimum Gasteiger partial charge on any atom is -0.451 e. The van der Waals surface area contributed by atoms with Crippen LogP contribution in [0, 0.1) is 23.1 Å². The predicted molar refractivity (Wildman–Crippen MR) is 98.7 cm³/mol. The second kappa shape index (κ2) is 8.68. The molecule has 9 nitrogen and oxygen atoms in total. The zero-order valence-electron chi connectivity index (χ0n) is 16.4. The van der Waals surface area contributed by atoms with Crippen LogP contribution < -0.4 is 11.1 Å². The first-order chi connectivity index (χ1) is 13.6. The molecule has 0 aliphatic rings. The van der Waals surface area contributed by atoms with E-state index < -0.39 is 41.6 Å². The van der Waals surface area contributed by atoms with Crippen molar-refractivity contribution >= 4 is 11.9 Å². The van der Waals surface area contributed by atoms with E-state index in [9.17, 15) is 24.0 Å². The molecule has 10 heteroatoms. The van der Waals surface area contributed by atoms with Crippen molar-refractivity contribution in [2.45, 2.75) is 45.9 Å². The monoisotopic (exact) mass is 404 g/mol. The molecule has 0 bridgehead atoms. The molecule has 1 amide bonds. The van der Waals surface area contributed by atoms with Gasteiger partial charge in [0, 0.05) is 5.56 Å². The summed E-state index contributed by atoms with van der Waals surface area (Å²) in [4.78, 5) is 36.2. The molecule has 0 spiro atoms. The van der Waals surface area contributed by atoms with Crippen LogP contribution in [0.3, 0.4) is 0 Å². The summed E-state index contributed by atoms with van der Waals surface area (Å²) < 4.78 is 23.7. The Kier molecular flexibility index (Phi) is 6.53. The van der Waals surface area contributed by atoms with Crippen LogP contribution in [0.2, 0.25) is 0 Å². The molecule has 1 aromatic heterocycles. The number of carbonyl (C=O) groups excluding carboxylic acids is 2. The van der Waals surface area contributed by atoms with Gasteiger partial charge in [-0.05, 0) is 44.0 Å². The second-order valence-corrected chi connectivity index (χ2v) is 6.93. The van der Waals surface area contributed by atoms with E-state index in [0.29, 0.717) is 5.56 Å². The lowest BCUT2D eigenvalue weighted by molar-refractivity contribution is -0.156. The van der Waals surface area contributed by atoms with Crippen LogP contribution in [-0.2, 0) is 20.9 Å². The molecule has 0 aliphatic carbocycles. The molecular formula is C19H21FN4O5. The van der Waals surface area contributed by atoms with E-state index in [1.54, 1.807) is 20.8 Å². The fourth-order valence-electron chi connectivity index (χ4n) is 2.18. The van der Waals surface area contributed by atoms with Gasteiger partial charge in [-0.25, -0.2) is 9.18 Å². The summed E-state index contributed by atoms with van der Waals surface area (Å²) in [5, 5.41) is 15.7. The third-order valence-electron chi connectivity index (χ3n) is 4.42. The Labute approximate surface area is 166 Å². The number of nitrogens with zero attached hydrogens (tertiary/aromatic N) is 3. The maximum absolute atomic E-state index is 13.0. The summed E-state index contributed by atoms with van der Waals surface area (Å²) >= 11 is 0. The van der Waals surface area contributed by atoms with Gasteiger partial charge in [0.05, 0.1) is 6.07 Å². The van der Waals surface area contributed by atoms with Crippen molar-refractivity contribution < 1.29 is 23.1 Å². The van der Waals surface area contributed by atoms with Crippen molar-refractivity contribution in [3.05, 3.63) is 40.6 Å². The number of halogens is 1. The van der Waals surface area contributed by atoms with E-state index in [1.165, 1.54) is 31.2 Å². The standard InChI is InChI=1S/C19H21FN4O5/c1-11(2)19(4,10-21)22-16(26)12(3)28-15(25)9-24-18(27)29-17(23-24)13-5-7-14(20)8-6-13/h5-8,11-12H,9H2,1-4H3,(H,22,26). The molecule has 1 heterocycles. The number of rotatable bonds is 7. The maximum Gasteiger partial charge on any atom is 0.437 e. The Morgan fingerprint density at radius 3 is 2.52 bits per heavy atom. The molecule has 0 saturated heterocycles. The van der Waals surface area contributed by atoms with Crippen molar-refractivity contribution in [1.29, 1.82) is 5.26 Å². The zero-order chi connectivity index (χ0) is 21.8. The molecule has 0 saturated carbocycles. The molecule has 2 unspecified atom stereocenters. The first-order valence-electron chi connectivity index (χ1n) is 8.82. The smallest absolute Gasteiger partial charge is 0.437 e. The van der Waals surface area contributed by atoms with Crippen molar-refractivity contribution in [2.24, 2.45) is 5.92 Å². The van der Waals surface area contributed by atoms with Gasteiger partial charge >= 0.3 is 11.7 Å². The molecule has 29 heavy (non-hydrogen) atoms. The van der Waals surface area contributed by atoms with E-state index >= 15 is 0 Å². The summed E-state index contributed by atoms with van der Waals surface area (Å²) in [5.74, 6) is -3.16. The van der Waals surface area contributed by atoms with E-state index in [4.69, 9.17) is 9.15 Å². The van der Waals surface area contributed by atoms with Gasteiger partial charge in [-0.1, -0.05) is 13.8 Å². The van der Waals surface area contributed by atoms with Crippen LogP contribution in [0.1, 0.15) is 27.7 Å². The molecule has 2 atom stereocenters. The average Bonchev–Trinajstić information content (AvgIpc) is 3.02. The molecule has 2 rings (SSSR count). The first kappa shape index (κ1) is 21.8. The largest absolute Gasteiger partial charge is 0.451 e. The summed E-state index contributed by atoms with van der Waals surface area (Å²) in [5.41, 5.74) is -0.766. The van der Waals surface area contributed by atoms with Gasteiger partial charge in [-0.3, -0.25) is 9.59 Å². The molecule has 0 radical (unpaired) electrons. The number of nitriles is 1. The van der Waals surface area contributed by atoms with E-state index in [-0.39, 0.29) is 11.8 Å². The Balaban J connectivity index is 2.02. The van der Waals surface area contributed by atoms with Gasteiger partial charge < -0.3 is 14.5 Å². The van der Waals surface area contributed by atoms with Crippen LogP contribution in [-0.4, -0.2) is 33.3 Å². The molecule has 154 valence electrons. The predicted octanol–water partition coefficient (Wildman–Crippen LogP) is 1.63. The maximum atomic E-state index is 13.0. The number of benzene rings is 1. The molecule has 1 aromatic carbocycles. The molecule has 2 aromatic rings. The minimum absolute atomic E-state index is 0.0877. The molecular weight excluding hydrogens is 383 g/mol. The molecule has 0 aliphatic heterocycles. The van der Waals surface area contributed by atoms with E-state index in [2.05, 4.69) is 10.4 Å². The number of esters is 1. The lowest BCUT2D eigenvalue weighted by Gasteiger charge is -2.28. The lowest BCUT2D eigenvalue weighted by atomic mass is 9.90. The first-order valence-corrected chi connectivity index (χ1v) is 8.82. The van der Waals surface area contributed by atoms with Gasteiger partial charge in [0.1, 0.15) is 17.9 Å². The van der Waals surface area contributed by atoms with Crippen molar-refractivity contribution in [2.75, 3.05) is 0 Å². The third kappa shape index (κ3) is 5.28. The van der Waals surface area contributed by atoms with Crippen molar-refractivity contribution in [3.8, 4) is 17.5 Å². The lowest BCUT2D eigenvalue weighted by Crippen LogP contribution is -2.52. The molecule has 1 N–H and O–H groups in total. The van der Waals surface area contributed by atoms with Gasteiger partial charge in [-0.2, -0.15) is 9.94 Å². The number of nitrogens with one attached hydrogen (secondary N) is 1. The summed E-state index contributed by atoms with van der Waals surface area (Å²) in [7, 11) is 0.